The molecule has 3 aliphatic rings. The topological polar surface area (TPSA) is 56.5 Å². The highest BCUT2D eigenvalue weighted by molar-refractivity contribution is 5.21. The minimum absolute atomic E-state index is 0.0481. The zero-order valence-electron chi connectivity index (χ0n) is 12.6. The minimum atomic E-state index is -0.870. The molecule has 0 aromatic heterocycles. The van der Waals surface area contributed by atoms with Crippen LogP contribution in [0.5, 0.6) is 0 Å². The Morgan fingerprint density at radius 2 is 2.10 bits per heavy atom. The molecule has 20 heavy (non-hydrogen) atoms. The van der Waals surface area contributed by atoms with Gasteiger partial charge >= 0.3 is 0 Å². The lowest BCUT2D eigenvalue weighted by atomic mass is 9.61. The van der Waals surface area contributed by atoms with Gasteiger partial charge in [0.15, 0.2) is 0 Å². The number of hydrogen-bond donors (Lipinski definition) is 1. The van der Waals surface area contributed by atoms with Crippen molar-refractivity contribution in [3.8, 4) is 6.07 Å². The first-order chi connectivity index (χ1) is 9.51. The summed E-state index contributed by atoms with van der Waals surface area (Å²) in [6.07, 6.45) is 5.28. The maximum atomic E-state index is 11.3. The Bertz CT molecular complexity index is 419. The Morgan fingerprint density at radius 1 is 1.30 bits per heavy atom. The Morgan fingerprint density at radius 3 is 2.65 bits per heavy atom. The van der Waals surface area contributed by atoms with Crippen molar-refractivity contribution < 1.29 is 9.84 Å². The van der Waals surface area contributed by atoms with Crippen LogP contribution in [0.25, 0.3) is 0 Å². The van der Waals surface area contributed by atoms with E-state index in [1.54, 1.807) is 0 Å². The van der Waals surface area contributed by atoms with Crippen molar-refractivity contribution in [2.45, 2.75) is 76.2 Å². The molecule has 3 heterocycles. The first-order valence-electron chi connectivity index (χ1n) is 8.04. The van der Waals surface area contributed by atoms with Crippen LogP contribution >= 0.6 is 0 Å². The number of nitrogens with zero attached hydrogens (tertiary/aromatic N) is 2. The molecule has 3 saturated heterocycles. The number of ether oxygens (including phenoxy) is 1. The molecule has 2 bridgehead atoms. The Balaban J connectivity index is 1.83. The van der Waals surface area contributed by atoms with Gasteiger partial charge in [0.25, 0.3) is 0 Å². The molecule has 0 aromatic carbocycles. The molecule has 0 aromatic rings. The van der Waals surface area contributed by atoms with Gasteiger partial charge in [0.05, 0.1) is 23.9 Å². The van der Waals surface area contributed by atoms with Crippen molar-refractivity contribution in [3.63, 3.8) is 0 Å². The van der Waals surface area contributed by atoms with Crippen molar-refractivity contribution >= 4 is 0 Å². The number of fused-ring (bicyclic) bond motifs is 2. The molecule has 0 amide bonds. The van der Waals surface area contributed by atoms with E-state index >= 15 is 0 Å². The molecular formula is C16H26N2O2. The van der Waals surface area contributed by atoms with E-state index in [0.29, 0.717) is 12.5 Å². The summed E-state index contributed by atoms with van der Waals surface area (Å²) < 4.78 is 5.92. The first kappa shape index (κ1) is 14.3. The third kappa shape index (κ3) is 1.99. The number of aliphatic hydroxyl groups is 1. The third-order valence-corrected chi connectivity index (χ3v) is 5.82. The Hall–Kier alpha value is -0.630. The summed E-state index contributed by atoms with van der Waals surface area (Å²) in [7, 11) is 0. The van der Waals surface area contributed by atoms with Crippen LogP contribution in [0.4, 0.5) is 0 Å². The lowest BCUT2D eigenvalue weighted by Gasteiger charge is -2.43. The van der Waals surface area contributed by atoms with E-state index in [9.17, 15) is 10.4 Å². The van der Waals surface area contributed by atoms with Crippen LogP contribution < -0.4 is 0 Å². The Kier molecular flexibility index (Phi) is 3.56. The number of rotatable bonds is 2. The molecule has 4 nitrogen and oxygen atoms in total. The molecule has 0 radical (unpaired) electrons. The third-order valence-electron chi connectivity index (χ3n) is 5.82. The SMILES string of the molecule is CC(C)N1CCCC(O)(C2(C#N)CC3CCC2O3)CC1. The average Bonchev–Trinajstić information content (AvgIpc) is 2.97. The van der Waals surface area contributed by atoms with E-state index in [-0.39, 0.29) is 12.2 Å². The highest BCUT2D eigenvalue weighted by Gasteiger charge is 2.63. The van der Waals surface area contributed by atoms with Gasteiger partial charge in [0.1, 0.15) is 5.41 Å². The fourth-order valence-electron chi connectivity index (χ4n) is 4.52. The maximum absolute atomic E-state index is 11.3. The maximum Gasteiger partial charge on any atom is 0.114 e. The standard InChI is InChI=1S/C16H26N2O2/c1-12(2)18-8-3-6-16(19,7-9-18)15(11-17)10-13-4-5-14(15)20-13/h12-14,19H,3-10H2,1-2H3. The monoisotopic (exact) mass is 278 g/mol. The lowest BCUT2D eigenvalue weighted by Crippen LogP contribution is -2.53. The fourth-order valence-corrected chi connectivity index (χ4v) is 4.52. The highest BCUT2D eigenvalue weighted by atomic mass is 16.5. The molecular weight excluding hydrogens is 252 g/mol. The van der Waals surface area contributed by atoms with Gasteiger partial charge in [0.2, 0.25) is 0 Å². The van der Waals surface area contributed by atoms with Gasteiger partial charge in [-0.1, -0.05) is 0 Å². The van der Waals surface area contributed by atoms with Gasteiger partial charge in [-0.25, -0.2) is 0 Å². The van der Waals surface area contributed by atoms with Crippen molar-refractivity contribution in [3.05, 3.63) is 0 Å². The second-order valence-electron chi connectivity index (χ2n) is 7.13. The number of nitriles is 1. The van der Waals surface area contributed by atoms with Crippen molar-refractivity contribution in [2.24, 2.45) is 5.41 Å². The second-order valence-corrected chi connectivity index (χ2v) is 7.13. The first-order valence-corrected chi connectivity index (χ1v) is 8.04. The van der Waals surface area contributed by atoms with Crippen LogP contribution in [-0.4, -0.2) is 46.9 Å². The zero-order chi connectivity index (χ0) is 14.4. The van der Waals surface area contributed by atoms with Crippen LogP contribution in [0.2, 0.25) is 0 Å². The number of likely N-dealkylation sites (tertiary alicyclic amines) is 1. The predicted octanol–water partition coefficient (Wildman–Crippen LogP) is 2.07. The van der Waals surface area contributed by atoms with Crippen molar-refractivity contribution in [1.29, 1.82) is 5.26 Å². The predicted molar refractivity (Wildman–Crippen MR) is 76.1 cm³/mol. The van der Waals surface area contributed by atoms with E-state index in [1.807, 2.05) is 0 Å². The molecule has 112 valence electrons. The van der Waals surface area contributed by atoms with Crippen LogP contribution in [0.15, 0.2) is 0 Å². The van der Waals surface area contributed by atoms with E-state index in [0.717, 1.165) is 45.2 Å². The summed E-state index contributed by atoms with van der Waals surface area (Å²) in [6, 6.07) is 3.00. The molecule has 3 aliphatic heterocycles. The molecule has 0 saturated carbocycles. The Labute approximate surface area is 121 Å². The summed E-state index contributed by atoms with van der Waals surface area (Å²) in [5.41, 5.74) is -1.53. The van der Waals surface area contributed by atoms with Crippen LogP contribution in [-0.2, 0) is 4.74 Å². The fraction of sp³-hybridized carbons (Fsp3) is 0.938. The molecule has 1 N–H and O–H groups in total. The van der Waals surface area contributed by atoms with Crippen LogP contribution in [0.3, 0.4) is 0 Å². The summed E-state index contributed by atoms with van der Waals surface area (Å²) in [6.45, 7) is 6.31. The molecule has 3 fully saturated rings. The van der Waals surface area contributed by atoms with Crippen molar-refractivity contribution in [1.82, 2.24) is 4.90 Å². The lowest BCUT2D eigenvalue weighted by molar-refractivity contribution is -0.0940. The normalized spacial score (nSPS) is 45.5. The molecule has 4 unspecified atom stereocenters. The van der Waals surface area contributed by atoms with Crippen LogP contribution in [0.1, 0.15) is 52.4 Å². The number of hydrogen-bond acceptors (Lipinski definition) is 4. The van der Waals surface area contributed by atoms with Gasteiger partial charge < -0.3 is 14.7 Å². The summed E-state index contributed by atoms with van der Waals surface area (Å²) in [5, 5.41) is 21.1. The summed E-state index contributed by atoms with van der Waals surface area (Å²) in [4.78, 5) is 2.41. The van der Waals surface area contributed by atoms with Gasteiger partial charge in [-0.3, -0.25) is 0 Å². The molecule has 0 aliphatic carbocycles. The molecule has 0 spiro atoms. The summed E-state index contributed by atoms with van der Waals surface area (Å²) in [5.74, 6) is 0. The second kappa shape index (κ2) is 4.98. The van der Waals surface area contributed by atoms with E-state index in [4.69, 9.17) is 4.74 Å². The average molecular weight is 278 g/mol. The van der Waals surface area contributed by atoms with Crippen molar-refractivity contribution in [2.75, 3.05) is 13.1 Å². The van der Waals surface area contributed by atoms with Gasteiger partial charge in [-0.2, -0.15) is 5.26 Å². The van der Waals surface area contributed by atoms with Gasteiger partial charge in [0, 0.05) is 12.6 Å². The molecule has 3 rings (SSSR count). The summed E-state index contributed by atoms with van der Waals surface area (Å²) >= 11 is 0. The van der Waals surface area contributed by atoms with Gasteiger partial charge in [-0.15, -0.1) is 0 Å². The zero-order valence-corrected chi connectivity index (χ0v) is 12.6. The molecule has 4 atom stereocenters. The largest absolute Gasteiger partial charge is 0.388 e. The van der Waals surface area contributed by atoms with E-state index in [1.165, 1.54) is 0 Å². The molecule has 4 heteroatoms. The van der Waals surface area contributed by atoms with E-state index in [2.05, 4.69) is 24.8 Å². The van der Waals surface area contributed by atoms with Gasteiger partial charge in [-0.05, 0) is 58.9 Å². The highest BCUT2D eigenvalue weighted by Crippen LogP contribution is 2.56. The van der Waals surface area contributed by atoms with E-state index < -0.39 is 11.0 Å². The smallest absolute Gasteiger partial charge is 0.114 e. The quantitative estimate of drug-likeness (QED) is 0.840. The van der Waals surface area contributed by atoms with Crippen LogP contribution in [0, 0.1) is 16.7 Å². The minimum Gasteiger partial charge on any atom is -0.388 e.